The number of carbonyl (C=O) groups is 1. The second-order valence-corrected chi connectivity index (χ2v) is 4.05. The Morgan fingerprint density at radius 1 is 1.62 bits per heavy atom. The van der Waals surface area contributed by atoms with Crippen molar-refractivity contribution in [3.63, 3.8) is 0 Å². The van der Waals surface area contributed by atoms with Gasteiger partial charge in [0.25, 0.3) is 0 Å². The van der Waals surface area contributed by atoms with Gasteiger partial charge in [-0.15, -0.1) is 0 Å². The van der Waals surface area contributed by atoms with Gasteiger partial charge in [0.15, 0.2) is 5.78 Å². The van der Waals surface area contributed by atoms with Gasteiger partial charge in [0.05, 0.1) is 24.8 Å². The van der Waals surface area contributed by atoms with Crippen LogP contribution < -0.4 is 4.90 Å². The predicted molar refractivity (Wildman–Crippen MR) is 61.9 cm³/mol. The van der Waals surface area contributed by atoms with Gasteiger partial charge in [-0.2, -0.15) is 0 Å². The minimum atomic E-state index is 0.0572. The molecule has 1 aromatic heterocycles. The highest BCUT2D eigenvalue weighted by atomic mass is 16.5. The van der Waals surface area contributed by atoms with Crippen LogP contribution in [-0.2, 0) is 4.74 Å². The van der Waals surface area contributed by atoms with Gasteiger partial charge >= 0.3 is 0 Å². The molecule has 16 heavy (non-hydrogen) atoms. The van der Waals surface area contributed by atoms with E-state index in [0.717, 1.165) is 12.4 Å². The van der Waals surface area contributed by atoms with E-state index in [0.29, 0.717) is 18.8 Å². The van der Waals surface area contributed by atoms with Crippen molar-refractivity contribution in [1.29, 1.82) is 0 Å². The van der Waals surface area contributed by atoms with Crippen molar-refractivity contribution >= 4 is 11.6 Å². The lowest BCUT2D eigenvalue weighted by Crippen LogP contribution is -2.44. The van der Waals surface area contributed by atoms with E-state index in [1.54, 1.807) is 19.2 Å². The highest BCUT2D eigenvalue weighted by molar-refractivity contribution is 5.98. The van der Waals surface area contributed by atoms with Crippen LogP contribution in [0.3, 0.4) is 0 Å². The maximum absolute atomic E-state index is 11.5. The number of hydrogen-bond donors (Lipinski definition) is 0. The molecule has 0 bridgehead atoms. The van der Waals surface area contributed by atoms with Crippen LogP contribution >= 0.6 is 0 Å². The fourth-order valence-electron chi connectivity index (χ4n) is 1.94. The van der Waals surface area contributed by atoms with Crippen LogP contribution in [-0.4, -0.2) is 36.6 Å². The summed E-state index contributed by atoms with van der Waals surface area (Å²) in [6.45, 7) is 5.83. The van der Waals surface area contributed by atoms with E-state index in [-0.39, 0.29) is 11.8 Å². The normalized spacial score (nSPS) is 20.9. The van der Waals surface area contributed by atoms with Crippen molar-refractivity contribution < 1.29 is 9.53 Å². The molecule has 1 fully saturated rings. The van der Waals surface area contributed by atoms with Gasteiger partial charge in [-0.05, 0) is 26.0 Å². The zero-order valence-corrected chi connectivity index (χ0v) is 9.64. The first-order valence-corrected chi connectivity index (χ1v) is 5.50. The fraction of sp³-hybridized carbons (Fsp3) is 0.500. The van der Waals surface area contributed by atoms with Crippen LogP contribution in [0, 0.1) is 0 Å². The van der Waals surface area contributed by atoms with Crippen molar-refractivity contribution in [3.8, 4) is 0 Å². The summed E-state index contributed by atoms with van der Waals surface area (Å²) in [5.74, 6) is 0.840. The Morgan fingerprint density at radius 3 is 3.12 bits per heavy atom. The molecule has 4 heteroatoms. The van der Waals surface area contributed by atoms with Gasteiger partial charge in [-0.1, -0.05) is 0 Å². The molecule has 0 spiro atoms. The van der Waals surface area contributed by atoms with Crippen molar-refractivity contribution in [2.24, 2.45) is 0 Å². The van der Waals surface area contributed by atoms with Crippen LogP contribution in [0.4, 0.5) is 5.82 Å². The standard InChI is InChI=1S/C12H16N2O2/c1-9-8-16-7-6-14(9)12-11(10(2)15)4-3-5-13-12/h3-5,9H,6-8H2,1-2H3. The molecule has 1 saturated heterocycles. The maximum Gasteiger partial charge on any atom is 0.163 e. The number of morpholine rings is 1. The number of aromatic nitrogens is 1. The van der Waals surface area contributed by atoms with Crippen molar-refractivity contribution in [3.05, 3.63) is 23.9 Å². The Kier molecular flexibility index (Phi) is 3.19. The minimum Gasteiger partial charge on any atom is -0.377 e. The third kappa shape index (κ3) is 2.07. The summed E-state index contributed by atoms with van der Waals surface area (Å²) in [5.41, 5.74) is 0.691. The molecule has 0 N–H and O–H groups in total. The Bertz CT molecular complexity index is 392. The summed E-state index contributed by atoms with van der Waals surface area (Å²) in [6.07, 6.45) is 1.73. The molecule has 1 unspecified atom stereocenters. The predicted octanol–water partition coefficient (Wildman–Crippen LogP) is 1.51. The van der Waals surface area contributed by atoms with Gasteiger partial charge in [0.2, 0.25) is 0 Å². The van der Waals surface area contributed by atoms with E-state index in [4.69, 9.17) is 4.74 Å². The molecule has 0 aliphatic carbocycles. The molecule has 2 rings (SSSR count). The van der Waals surface area contributed by atoms with Crippen molar-refractivity contribution in [1.82, 2.24) is 4.98 Å². The van der Waals surface area contributed by atoms with Gasteiger partial charge in [-0.25, -0.2) is 4.98 Å². The van der Waals surface area contributed by atoms with Gasteiger partial charge < -0.3 is 9.64 Å². The van der Waals surface area contributed by atoms with Crippen molar-refractivity contribution in [2.75, 3.05) is 24.7 Å². The number of anilines is 1. The van der Waals surface area contributed by atoms with E-state index >= 15 is 0 Å². The van der Waals surface area contributed by atoms with Gasteiger partial charge in [0.1, 0.15) is 5.82 Å². The second kappa shape index (κ2) is 4.61. The van der Waals surface area contributed by atoms with Gasteiger partial charge in [0, 0.05) is 12.7 Å². The lowest BCUT2D eigenvalue weighted by Gasteiger charge is -2.35. The largest absolute Gasteiger partial charge is 0.377 e. The van der Waals surface area contributed by atoms with E-state index in [2.05, 4.69) is 16.8 Å². The summed E-state index contributed by atoms with van der Waals surface area (Å²) < 4.78 is 5.38. The first-order chi connectivity index (χ1) is 7.70. The third-order valence-corrected chi connectivity index (χ3v) is 2.81. The van der Waals surface area contributed by atoms with E-state index < -0.39 is 0 Å². The van der Waals surface area contributed by atoms with Crippen LogP contribution in [0.5, 0.6) is 0 Å². The zero-order chi connectivity index (χ0) is 11.5. The van der Waals surface area contributed by atoms with Crippen LogP contribution in [0.1, 0.15) is 24.2 Å². The minimum absolute atomic E-state index is 0.0572. The average Bonchev–Trinajstić information content (AvgIpc) is 2.29. The van der Waals surface area contributed by atoms with Gasteiger partial charge in [-0.3, -0.25) is 4.79 Å². The quantitative estimate of drug-likeness (QED) is 0.708. The Balaban J connectivity index is 2.34. The van der Waals surface area contributed by atoms with Crippen LogP contribution in [0.2, 0.25) is 0 Å². The lowest BCUT2D eigenvalue weighted by molar-refractivity contribution is 0.0970. The molecular weight excluding hydrogens is 204 g/mol. The smallest absolute Gasteiger partial charge is 0.163 e. The SMILES string of the molecule is CC(=O)c1cccnc1N1CCOCC1C. The molecule has 1 aliphatic heterocycles. The Morgan fingerprint density at radius 2 is 2.44 bits per heavy atom. The second-order valence-electron chi connectivity index (χ2n) is 4.05. The van der Waals surface area contributed by atoms with E-state index in [1.807, 2.05) is 6.07 Å². The molecule has 0 amide bonds. The Hall–Kier alpha value is -1.42. The molecule has 0 aromatic carbocycles. The molecule has 1 aliphatic rings. The summed E-state index contributed by atoms with van der Waals surface area (Å²) in [5, 5.41) is 0. The summed E-state index contributed by atoms with van der Waals surface area (Å²) in [7, 11) is 0. The third-order valence-electron chi connectivity index (χ3n) is 2.81. The molecule has 1 aromatic rings. The number of ketones is 1. The Labute approximate surface area is 95.2 Å². The number of Topliss-reactive ketones (excluding diaryl/α,β-unsaturated/α-hetero) is 1. The maximum atomic E-state index is 11.5. The topological polar surface area (TPSA) is 42.4 Å². The molecule has 2 heterocycles. The number of pyridine rings is 1. The van der Waals surface area contributed by atoms with E-state index in [9.17, 15) is 4.79 Å². The first kappa shape index (κ1) is 11.1. The van der Waals surface area contributed by atoms with Crippen LogP contribution in [0.25, 0.3) is 0 Å². The average molecular weight is 220 g/mol. The summed E-state index contributed by atoms with van der Waals surface area (Å²) in [4.78, 5) is 18.0. The van der Waals surface area contributed by atoms with Crippen LogP contribution in [0.15, 0.2) is 18.3 Å². The highest BCUT2D eigenvalue weighted by Gasteiger charge is 2.23. The summed E-state index contributed by atoms with van der Waals surface area (Å²) in [6, 6.07) is 3.89. The van der Waals surface area contributed by atoms with Crippen molar-refractivity contribution in [2.45, 2.75) is 19.9 Å². The molecule has 86 valence electrons. The number of rotatable bonds is 2. The zero-order valence-electron chi connectivity index (χ0n) is 9.64. The fourth-order valence-corrected chi connectivity index (χ4v) is 1.94. The number of hydrogen-bond acceptors (Lipinski definition) is 4. The number of ether oxygens (including phenoxy) is 1. The number of nitrogens with zero attached hydrogens (tertiary/aromatic N) is 2. The van der Waals surface area contributed by atoms with E-state index in [1.165, 1.54) is 0 Å². The molecule has 4 nitrogen and oxygen atoms in total. The highest BCUT2D eigenvalue weighted by Crippen LogP contribution is 2.21. The molecule has 1 atom stereocenters. The number of carbonyl (C=O) groups excluding carboxylic acids is 1. The monoisotopic (exact) mass is 220 g/mol. The molecular formula is C12H16N2O2. The molecule has 0 saturated carbocycles. The lowest BCUT2D eigenvalue weighted by atomic mass is 10.1. The molecule has 0 radical (unpaired) electrons. The first-order valence-electron chi connectivity index (χ1n) is 5.50. The summed E-state index contributed by atoms with van der Waals surface area (Å²) >= 11 is 0.